The van der Waals surface area contributed by atoms with E-state index < -0.39 is 0 Å². The Labute approximate surface area is 171 Å². The van der Waals surface area contributed by atoms with Gasteiger partial charge in [0, 0.05) is 33.2 Å². The van der Waals surface area contributed by atoms with E-state index in [1.165, 1.54) is 23.8 Å². The van der Waals surface area contributed by atoms with Gasteiger partial charge in [-0.2, -0.15) is 0 Å². The molecule has 0 saturated heterocycles. The van der Waals surface area contributed by atoms with Crippen LogP contribution in [0.5, 0.6) is 11.5 Å². The number of hydrogen-bond donors (Lipinski definition) is 0. The second-order valence-corrected chi connectivity index (χ2v) is 10.9. The third kappa shape index (κ3) is 1.18. The van der Waals surface area contributed by atoms with E-state index in [0.29, 0.717) is 16.2 Å². The highest BCUT2D eigenvalue weighted by molar-refractivity contribution is 6.08. The number of rotatable bonds is 2. The number of methoxy groups -OCH3 is 2. The summed E-state index contributed by atoms with van der Waals surface area (Å²) in [6.45, 7) is 10.2. The average molecular weight is 386 g/mol. The first-order valence-corrected chi connectivity index (χ1v) is 10.7. The van der Waals surface area contributed by atoms with Crippen LogP contribution in [0.15, 0.2) is 30.5 Å². The average Bonchev–Trinajstić information content (AvgIpc) is 2.94. The van der Waals surface area contributed by atoms with Crippen molar-refractivity contribution in [2.75, 3.05) is 14.2 Å². The van der Waals surface area contributed by atoms with Gasteiger partial charge in [0.2, 0.25) is 0 Å². The lowest BCUT2D eigenvalue weighted by atomic mass is 9.45. The van der Waals surface area contributed by atoms with Crippen molar-refractivity contribution in [1.29, 1.82) is 0 Å². The van der Waals surface area contributed by atoms with E-state index >= 15 is 0 Å². The van der Waals surface area contributed by atoms with Gasteiger partial charge in [0.25, 0.3) is 0 Å². The van der Waals surface area contributed by atoms with Crippen molar-refractivity contribution in [2.45, 2.75) is 51.4 Å². The Kier molecular flexibility index (Phi) is 2.35. The zero-order valence-corrected chi connectivity index (χ0v) is 18.1. The molecule has 5 atom stereocenters. The number of ether oxygens (including phenoxy) is 2. The summed E-state index contributed by atoms with van der Waals surface area (Å²) in [7, 11) is 3.38. The predicted octanol–water partition coefficient (Wildman–Crippen LogP) is 5.75. The molecule has 7 rings (SSSR count). The van der Waals surface area contributed by atoms with Crippen molar-refractivity contribution in [3.05, 3.63) is 41.6 Å². The second-order valence-electron chi connectivity index (χ2n) is 10.9. The van der Waals surface area contributed by atoms with E-state index in [0.717, 1.165) is 27.8 Å². The van der Waals surface area contributed by atoms with E-state index in [2.05, 4.69) is 58.2 Å². The van der Waals surface area contributed by atoms with Crippen LogP contribution in [-0.4, -0.2) is 19.2 Å². The molecule has 3 aromatic rings. The third-order valence-corrected chi connectivity index (χ3v) is 10.4. The molecule has 148 valence electrons. The fourth-order valence-corrected chi connectivity index (χ4v) is 10.1. The van der Waals surface area contributed by atoms with Crippen LogP contribution in [0.3, 0.4) is 0 Å². The van der Waals surface area contributed by atoms with Gasteiger partial charge in [-0.25, -0.2) is 0 Å². The molecule has 0 N–H and O–H groups in total. The largest absolute Gasteiger partial charge is 0.493 e. The molecule has 0 bridgehead atoms. The number of nitrogens with zero attached hydrogens (tertiary/aromatic N) is 1. The van der Waals surface area contributed by atoms with Crippen LogP contribution < -0.4 is 9.47 Å². The molecule has 4 aliphatic rings. The maximum Gasteiger partial charge on any atom is 0.161 e. The summed E-state index contributed by atoms with van der Waals surface area (Å²) in [5.41, 5.74) is 6.19. The normalized spacial score (nSPS) is 42.6. The summed E-state index contributed by atoms with van der Waals surface area (Å²) in [6, 6.07) is 8.69. The van der Waals surface area contributed by atoms with E-state index in [1.807, 2.05) is 0 Å². The molecular formula is C26H27NO2. The number of hydrogen-bond acceptors (Lipinski definition) is 3. The van der Waals surface area contributed by atoms with Crippen LogP contribution in [-0.2, 0) is 10.8 Å². The Morgan fingerprint density at radius 3 is 2.14 bits per heavy atom. The van der Waals surface area contributed by atoms with Gasteiger partial charge in [0.1, 0.15) is 0 Å². The minimum absolute atomic E-state index is 0.268. The molecule has 1 aromatic heterocycles. The number of pyridine rings is 1. The fraction of sp³-hybridized carbons (Fsp3) is 0.500. The lowest BCUT2D eigenvalue weighted by molar-refractivity contribution is -0.0343. The van der Waals surface area contributed by atoms with Gasteiger partial charge in [-0.05, 0) is 52.3 Å². The lowest BCUT2D eigenvalue weighted by Gasteiger charge is -2.57. The van der Waals surface area contributed by atoms with E-state index in [9.17, 15) is 0 Å². The van der Waals surface area contributed by atoms with Gasteiger partial charge in [-0.15, -0.1) is 0 Å². The Hall–Kier alpha value is -2.29. The summed E-state index contributed by atoms with van der Waals surface area (Å²) < 4.78 is 11.1. The first-order chi connectivity index (χ1) is 13.7. The van der Waals surface area contributed by atoms with Crippen molar-refractivity contribution in [3.8, 4) is 11.5 Å². The van der Waals surface area contributed by atoms with Crippen molar-refractivity contribution < 1.29 is 9.47 Å². The van der Waals surface area contributed by atoms with Crippen LogP contribution in [0, 0.1) is 16.2 Å². The first kappa shape index (κ1) is 16.5. The maximum absolute atomic E-state index is 5.59. The Balaban J connectivity index is 1.57. The molecule has 2 aromatic carbocycles. The monoisotopic (exact) mass is 385 g/mol. The molecule has 3 saturated carbocycles. The lowest BCUT2D eigenvalue weighted by Crippen LogP contribution is -2.56. The van der Waals surface area contributed by atoms with Gasteiger partial charge in [-0.1, -0.05) is 39.8 Å². The van der Waals surface area contributed by atoms with Gasteiger partial charge in [-0.3, -0.25) is 4.98 Å². The van der Waals surface area contributed by atoms with Crippen LogP contribution in [0.4, 0.5) is 0 Å². The van der Waals surface area contributed by atoms with Crippen molar-refractivity contribution in [1.82, 2.24) is 4.98 Å². The molecule has 5 unspecified atom stereocenters. The van der Waals surface area contributed by atoms with Crippen molar-refractivity contribution in [2.24, 2.45) is 16.2 Å². The molecule has 3 heteroatoms. The molecule has 3 nitrogen and oxygen atoms in total. The summed E-state index contributed by atoms with van der Waals surface area (Å²) >= 11 is 0. The Morgan fingerprint density at radius 1 is 0.828 bits per heavy atom. The highest BCUT2D eigenvalue weighted by atomic mass is 16.5. The summed E-state index contributed by atoms with van der Waals surface area (Å²) in [4.78, 5) is 5.06. The quantitative estimate of drug-likeness (QED) is 0.526. The summed E-state index contributed by atoms with van der Waals surface area (Å²) in [5, 5.41) is 3.63. The molecule has 0 radical (unpaired) electrons. The predicted molar refractivity (Wildman–Crippen MR) is 115 cm³/mol. The molecular weight excluding hydrogens is 358 g/mol. The summed E-state index contributed by atoms with van der Waals surface area (Å²) in [5.74, 6) is 1.53. The molecule has 1 spiro atoms. The molecule has 1 heterocycles. The van der Waals surface area contributed by atoms with Gasteiger partial charge >= 0.3 is 0 Å². The maximum atomic E-state index is 5.59. The third-order valence-electron chi connectivity index (χ3n) is 10.4. The zero-order chi connectivity index (χ0) is 20.2. The first-order valence-electron chi connectivity index (χ1n) is 10.7. The molecule has 0 amide bonds. The fourth-order valence-electron chi connectivity index (χ4n) is 10.1. The molecule has 3 fully saturated rings. The zero-order valence-electron chi connectivity index (χ0n) is 18.1. The van der Waals surface area contributed by atoms with Crippen molar-refractivity contribution in [3.63, 3.8) is 0 Å². The molecule has 0 aliphatic heterocycles. The highest BCUT2D eigenvalue weighted by Crippen LogP contribution is 3.09. The standard InChI is InChI=1S/C26H27NO2/c1-22-12-24(3)25(4)13-23(2,26(22,24)25)20-15-8-7-14-9-18(28-5)19(29-6)10-16(14)21(15)27-11-17(20)22/h7-11H,12-13H2,1-6H3. The second kappa shape index (κ2) is 4.12. The minimum atomic E-state index is 0.268. The summed E-state index contributed by atoms with van der Waals surface area (Å²) in [6.07, 6.45) is 4.83. The smallest absolute Gasteiger partial charge is 0.161 e. The number of benzene rings is 2. The van der Waals surface area contributed by atoms with Crippen molar-refractivity contribution >= 4 is 21.7 Å². The van der Waals surface area contributed by atoms with Crippen LogP contribution in [0.2, 0.25) is 0 Å². The molecule has 29 heavy (non-hydrogen) atoms. The minimum Gasteiger partial charge on any atom is -0.493 e. The van der Waals surface area contributed by atoms with Crippen LogP contribution >= 0.6 is 0 Å². The Morgan fingerprint density at radius 2 is 1.48 bits per heavy atom. The Bertz CT molecular complexity index is 1300. The van der Waals surface area contributed by atoms with Gasteiger partial charge < -0.3 is 9.47 Å². The topological polar surface area (TPSA) is 31.4 Å². The highest BCUT2D eigenvalue weighted by Gasteiger charge is 3.06. The van der Waals surface area contributed by atoms with E-state index in [4.69, 9.17) is 14.5 Å². The SMILES string of the molecule is COc1cc2ccc3c4c(cnc3c2cc1OC)C1(C)CC2(C)C3(C)CC4(C)C123. The van der Waals surface area contributed by atoms with E-state index in [-0.39, 0.29) is 10.8 Å². The molecule has 4 aliphatic carbocycles. The number of aromatic nitrogens is 1. The van der Waals surface area contributed by atoms with Crippen LogP contribution in [0.1, 0.15) is 51.7 Å². The van der Waals surface area contributed by atoms with Crippen LogP contribution in [0.25, 0.3) is 21.7 Å². The van der Waals surface area contributed by atoms with Gasteiger partial charge in [0.05, 0.1) is 19.7 Å². The van der Waals surface area contributed by atoms with Gasteiger partial charge in [0.15, 0.2) is 11.5 Å². The number of fused-ring (bicyclic) bond motifs is 8. The van der Waals surface area contributed by atoms with E-state index in [1.54, 1.807) is 19.8 Å².